The molecule has 0 rings (SSSR count). The topological polar surface area (TPSA) is 123 Å². The summed E-state index contributed by atoms with van der Waals surface area (Å²) in [6.45, 7) is 6.66. The number of hydrazine groups is 1. The zero-order valence-corrected chi connectivity index (χ0v) is 12.5. The standard InChI is InChI=1S/C12H26N4O4/c1-11(2,9(19)13-5-7-17)15-16-12(3,4)10(20)14-6-8-18/h15-18H,5-8H2,1-4H3,(H,13,19)(H,14,20). The van der Waals surface area contributed by atoms with Gasteiger partial charge in [-0.05, 0) is 27.7 Å². The van der Waals surface area contributed by atoms with Gasteiger partial charge in [0.05, 0.1) is 13.2 Å². The molecule has 0 spiro atoms. The van der Waals surface area contributed by atoms with Gasteiger partial charge in [0, 0.05) is 13.1 Å². The predicted octanol–water partition coefficient (Wildman–Crippen LogP) is -2.15. The number of carbonyl (C=O) groups excluding carboxylic acids is 2. The van der Waals surface area contributed by atoms with E-state index in [1.54, 1.807) is 27.7 Å². The van der Waals surface area contributed by atoms with Crippen LogP contribution in [0.25, 0.3) is 0 Å². The molecule has 0 saturated heterocycles. The molecule has 8 heteroatoms. The molecule has 0 heterocycles. The molecule has 0 saturated carbocycles. The lowest BCUT2D eigenvalue weighted by molar-refractivity contribution is -0.130. The van der Waals surface area contributed by atoms with Gasteiger partial charge in [-0.1, -0.05) is 0 Å². The monoisotopic (exact) mass is 290 g/mol. The number of aliphatic hydroxyl groups excluding tert-OH is 2. The fraction of sp³-hybridized carbons (Fsp3) is 0.833. The van der Waals surface area contributed by atoms with Crippen LogP contribution in [-0.2, 0) is 9.59 Å². The van der Waals surface area contributed by atoms with E-state index >= 15 is 0 Å². The Bertz CT molecular complexity index is 299. The third-order valence-electron chi connectivity index (χ3n) is 2.62. The Kier molecular flexibility index (Phi) is 7.66. The van der Waals surface area contributed by atoms with Gasteiger partial charge in [-0.25, -0.2) is 10.9 Å². The lowest BCUT2D eigenvalue weighted by Crippen LogP contribution is -2.65. The van der Waals surface area contributed by atoms with Crippen molar-refractivity contribution >= 4 is 11.8 Å². The van der Waals surface area contributed by atoms with Crippen molar-refractivity contribution in [2.75, 3.05) is 26.3 Å². The van der Waals surface area contributed by atoms with E-state index in [1.807, 2.05) is 0 Å². The number of hydrogen-bond donors (Lipinski definition) is 6. The zero-order valence-electron chi connectivity index (χ0n) is 12.5. The van der Waals surface area contributed by atoms with Crippen LogP contribution in [0.4, 0.5) is 0 Å². The van der Waals surface area contributed by atoms with E-state index in [0.717, 1.165) is 0 Å². The van der Waals surface area contributed by atoms with Gasteiger partial charge in [-0.15, -0.1) is 0 Å². The van der Waals surface area contributed by atoms with E-state index in [4.69, 9.17) is 10.2 Å². The Morgan fingerprint density at radius 1 is 0.800 bits per heavy atom. The van der Waals surface area contributed by atoms with E-state index in [9.17, 15) is 9.59 Å². The average molecular weight is 290 g/mol. The molecule has 0 atom stereocenters. The van der Waals surface area contributed by atoms with E-state index in [0.29, 0.717) is 0 Å². The molecule has 0 unspecified atom stereocenters. The molecule has 6 N–H and O–H groups in total. The van der Waals surface area contributed by atoms with Crippen molar-refractivity contribution in [3.8, 4) is 0 Å². The van der Waals surface area contributed by atoms with Crippen LogP contribution in [0.1, 0.15) is 27.7 Å². The summed E-state index contributed by atoms with van der Waals surface area (Å²) in [5, 5.41) is 22.4. The number of hydrogen-bond acceptors (Lipinski definition) is 6. The summed E-state index contributed by atoms with van der Waals surface area (Å²) in [5.74, 6) is -0.601. The Labute approximate surface area is 119 Å². The lowest BCUT2D eigenvalue weighted by Gasteiger charge is -2.32. The van der Waals surface area contributed by atoms with Crippen molar-refractivity contribution in [1.29, 1.82) is 0 Å². The number of carbonyl (C=O) groups is 2. The van der Waals surface area contributed by atoms with Gasteiger partial charge in [-0.3, -0.25) is 9.59 Å². The first-order chi connectivity index (χ1) is 9.17. The highest BCUT2D eigenvalue weighted by atomic mass is 16.3. The minimum Gasteiger partial charge on any atom is -0.395 e. The molecular formula is C12H26N4O4. The smallest absolute Gasteiger partial charge is 0.241 e. The van der Waals surface area contributed by atoms with Gasteiger partial charge >= 0.3 is 0 Å². The number of aliphatic hydroxyl groups is 2. The molecule has 2 amide bonds. The zero-order chi connectivity index (χ0) is 15.8. The van der Waals surface area contributed by atoms with E-state index in [1.165, 1.54) is 0 Å². The highest BCUT2D eigenvalue weighted by Crippen LogP contribution is 2.05. The predicted molar refractivity (Wildman–Crippen MR) is 74.6 cm³/mol. The van der Waals surface area contributed by atoms with Gasteiger partial charge in [0.2, 0.25) is 11.8 Å². The maximum absolute atomic E-state index is 11.8. The average Bonchev–Trinajstić information content (AvgIpc) is 2.39. The third-order valence-corrected chi connectivity index (χ3v) is 2.62. The van der Waals surface area contributed by atoms with Gasteiger partial charge in [0.25, 0.3) is 0 Å². The molecule has 8 nitrogen and oxygen atoms in total. The molecule has 0 aromatic heterocycles. The van der Waals surface area contributed by atoms with Crippen LogP contribution in [0, 0.1) is 0 Å². The maximum Gasteiger partial charge on any atom is 0.241 e. The molecule has 0 radical (unpaired) electrons. The summed E-state index contributed by atoms with van der Waals surface area (Å²) in [7, 11) is 0. The fourth-order valence-corrected chi connectivity index (χ4v) is 1.21. The van der Waals surface area contributed by atoms with Crippen LogP contribution in [0.5, 0.6) is 0 Å². The van der Waals surface area contributed by atoms with Crippen molar-refractivity contribution in [2.45, 2.75) is 38.8 Å². The summed E-state index contributed by atoms with van der Waals surface area (Å²) in [4.78, 5) is 23.6. The minimum absolute atomic E-state index is 0.135. The largest absolute Gasteiger partial charge is 0.395 e. The highest BCUT2D eigenvalue weighted by Gasteiger charge is 2.32. The maximum atomic E-state index is 11.8. The first-order valence-corrected chi connectivity index (χ1v) is 6.50. The van der Waals surface area contributed by atoms with E-state index in [-0.39, 0.29) is 38.1 Å². The van der Waals surface area contributed by atoms with Crippen LogP contribution in [0.3, 0.4) is 0 Å². The van der Waals surface area contributed by atoms with Crippen LogP contribution in [-0.4, -0.2) is 59.4 Å². The van der Waals surface area contributed by atoms with Gasteiger partial charge in [0.15, 0.2) is 0 Å². The fourth-order valence-electron chi connectivity index (χ4n) is 1.21. The van der Waals surface area contributed by atoms with Crippen molar-refractivity contribution in [2.24, 2.45) is 0 Å². The molecule has 20 heavy (non-hydrogen) atoms. The van der Waals surface area contributed by atoms with Crippen LogP contribution >= 0.6 is 0 Å². The molecule has 0 aliphatic rings. The highest BCUT2D eigenvalue weighted by molar-refractivity contribution is 5.86. The summed E-state index contributed by atoms with van der Waals surface area (Å²) < 4.78 is 0. The summed E-state index contributed by atoms with van der Waals surface area (Å²) in [6, 6.07) is 0. The quantitative estimate of drug-likeness (QED) is 0.269. The Morgan fingerprint density at radius 3 is 1.35 bits per heavy atom. The number of rotatable bonds is 9. The van der Waals surface area contributed by atoms with Gasteiger partial charge < -0.3 is 20.8 Å². The molecule has 0 aromatic rings. The first kappa shape index (κ1) is 18.8. The molecule has 0 bridgehead atoms. The van der Waals surface area contributed by atoms with E-state index in [2.05, 4.69) is 21.5 Å². The molecule has 0 fully saturated rings. The summed E-state index contributed by atoms with van der Waals surface area (Å²) in [6.07, 6.45) is 0. The lowest BCUT2D eigenvalue weighted by atomic mass is 10.0. The minimum atomic E-state index is -0.955. The van der Waals surface area contributed by atoms with Crippen LogP contribution in [0.15, 0.2) is 0 Å². The molecular weight excluding hydrogens is 264 g/mol. The second kappa shape index (κ2) is 8.15. The SMILES string of the molecule is CC(C)(NNC(C)(C)C(=O)NCCO)C(=O)NCCO. The Morgan fingerprint density at radius 2 is 1.10 bits per heavy atom. The number of amides is 2. The van der Waals surface area contributed by atoms with Crippen LogP contribution < -0.4 is 21.5 Å². The Hall–Kier alpha value is -1.22. The van der Waals surface area contributed by atoms with Crippen molar-refractivity contribution < 1.29 is 19.8 Å². The molecule has 0 aromatic carbocycles. The third kappa shape index (κ3) is 6.29. The first-order valence-electron chi connectivity index (χ1n) is 6.50. The number of nitrogens with one attached hydrogen (secondary N) is 4. The molecule has 0 aliphatic carbocycles. The second-order valence-corrected chi connectivity index (χ2v) is 5.46. The molecule has 0 aliphatic heterocycles. The van der Waals surface area contributed by atoms with Gasteiger partial charge in [-0.2, -0.15) is 0 Å². The Balaban J connectivity index is 4.42. The second-order valence-electron chi connectivity index (χ2n) is 5.46. The molecule has 118 valence electrons. The van der Waals surface area contributed by atoms with Crippen molar-refractivity contribution in [3.05, 3.63) is 0 Å². The van der Waals surface area contributed by atoms with Gasteiger partial charge in [0.1, 0.15) is 11.1 Å². The van der Waals surface area contributed by atoms with Crippen LogP contribution in [0.2, 0.25) is 0 Å². The van der Waals surface area contributed by atoms with Crippen molar-refractivity contribution in [3.63, 3.8) is 0 Å². The van der Waals surface area contributed by atoms with Crippen molar-refractivity contribution in [1.82, 2.24) is 21.5 Å². The normalized spacial score (nSPS) is 12.1. The van der Waals surface area contributed by atoms with E-state index < -0.39 is 11.1 Å². The summed E-state index contributed by atoms with van der Waals surface area (Å²) >= 11 is 0. The summed E-state index contributed by atoms with van der Waals surface area (Å²) in [5.41, 5.74) is 3.69.